The second-order valence-corrected chi connectivity index (χ2v) is 10.9. The smallest absolute Gasteiger partial charge is 0.248 e. The maximum absolute atomic E-state index is 11.7. The van der Waals surface area contributed by atoms with Crippen LogP contribution in [0.5, 0.6) is 0 Å². The fourth-order valence-electron chi connectivity index (χ4n) is 4.80. The number of nitrogens with one attached hydrogen (secondary N) is 2. The molecule has 9 heteroatoms. The van der Waals surface area contributed by atoms with Gasteiger partial charge in [0.15, 0.2) is 0 Å². The van der Waals surface area contributed by atoms with Crippen LogP contribution in [-0.4, -0.2) is 58.5 Å². The van der Waals surface area contributed by atoms with Gasteiger partial charge >= 0.3 is 0 Å². The number of aryl methyl sites for hydroxylation is 3. The van der Waals surface area contributed by atoms with Crippen molar-refractivity contribution in [2.24, 2.45) is 11.7 Å². The molecule has 1 fully saturated rings. The molecule has 1 saturated heterocycles. The minimum atomic E-state index is -0.477. The fourth-order valence-corrected chi connectivity index (χ4v) is 4.80. The highest BCUT2D eigenvalue weighted by molar-refractivity contribution is 5.94. The normalized spacial score (nSPS) is 15.2. The monoisotopic (exact) mass is 532 g/mol. The van der Waals surface area contributed by atoms with E-state index in [1.165, 1.54) is 16.7 Å². The molecular formula is C30H44N8O. The molecule has 0 unspecified atom stereocenters. The van der Waals surface area contributed by atoms with Gasteiger partial charge in [0.1, 0.15) is 0 Å². The van der Waals surface area contributed by atoms with E-state index in [0.717, 1.165) is 43.9 Å². The van der Waals surface area contributed by atoms with E-state index in [2.05, 4.69) is 66.4 Å². The number of carbonyl (C=O) groups excluding carboxylic acids is 1. The number of hydrogen-bond acceptors (Lipinski definition) is 8. The summed E-state index contributed by atoms with van der Waals surface area (Å²) in [5.74, 6) is 1.52. The van der Waals surface area contributed by atoms with Crippen LogP contribution in [0.2, 0.25) is 0 Å². The van der Waals surface area contributed by atoms with E-state index in [4.69, 9.17) is 15.7 Å². The van der Waals surface area contributed by atoms with Crippen LogP contribution in [0.3, 0.4) is 0 Å². The molecule has 0 bridgehead atoms. The summed E-state index contributed by atoms with van der Waals surface area (Å²) < 4.78 is 0. The van der Waals surface area contributed by atoms with Crippen LogP contribution in [0, 0.1) is 26.7 Å². The van der Waals surface area contributed by atoms with E-state index < -0.39 is 5.91 Å². The number of nitrogens with zero attached hydrogens (tertiary/aromatic N) is 5. The summed E-state index contributed by atoms with van der Waals surface area (Å²) in [6, 6.07) is 12.2. The van der Waals surface area contributed by atoms with Crippen molar-refractivity contribution >= 4 is 29.4 Å². The minimum absolute atomic E-state index is 0. The lowest BCUT2D eigenvalue weighted by Crippen LogP contribution is -2.28. The van der Waals surface area contributed by atoms with Gasteiger partial charge in [-0.2, -0.15) is 15.0 Å². The van der Waals surface area contributed by atoms with Crippen LogP contribution in [-0.2, 0) is 6.54 Å². The van der Waals surface area contributed by atoms with Crippen LogP contribution in [0.15, 0.2) is 36.4 Å². The molecule has 1 aliphatic heterocycles. The van der Waals surface area contributed by atoms with E-state index in [9.17, 15) is 4.79 Å². The molecule has 2 heterocycles. The number of rotatable bonds is 10. The third-order valence-electron chi connectivity index (χ3n) is 6.88. The van der Waals surface area contributed by atoms with E-state index >= 15 is 0 Å². The number of primary amides is 1. The lowest BCUT2D eigenvalue weighted by Gasteiger charge is -2.22. The van der Waals surface area contributed by atoms with Gasteiger partial charge in [-0.1, -0.05) is 51.1 Å². The van der Waals surface area contributed by atoms with Gasteiger partial charge in [0, 0.05) is 50.5 Å². The zero-order valence-corrected chi connectivity index (χ0v) is 23.4. The first-order valence-corrected chi connectivity index (χ1v) is 13.3. The Balaban J connectivity index is 0.00000420. The number of amides is 1. The van der Waals surface area contributed by atoms with E-state index in [1.54, 1.807) is 12.1 Å². The minimum Gasteiger partial charge on any atom is -0.366 e. The average molecular weight is 533 g/mol. The van der Waals surface area contributed by atoms with Gasteiger partial charge in [0.25, 0.3) is 0 Å². The number of nitrogens with two attached hydrogens (primary N) is 1. The van der Waals surface area contributed by atoms with E-state index in [0.29, 0.717) is 29.3 Å². The van der Waals surface area contributed by atoms with Crippen molar-refractivity contribution < 1.29 is 4.79 Å². The molecular weight excluding hydrogens is 488 g/mol. The maximum Gasteiger partial charge on any atom is 0.248 e. The molecule has 9 nitrogen and oxygen atoms in total. The fraction of sp³-hybridized carbons (Fsp3) is 0.467. The number of anilines is 4. The topological polar surface area (TPSA) is 112 Å². The van der Waals surface area contributed by atoms with Crippen molar-refractivity contribution in [3.8, 4) is 0 Å². The summed E-state index contributed by atoms with van der Waals surface area (Å²) in [5.41, 5.74) is 11.6. The van der Waals surface area contributed by atoms with Crippen molar-refractivity contribution in [1.82, 2.24) is 19.9 Å². The molecule has 2 aromatic carbocycles. The van der Waals surface area contributed by atoms with E-state index in [-0.39, 0.29) is 13.5 Å². The quantitative estimate of drug-likeness (QED) is 0.332. The van der Waals surface area contributed by atoms with Crippen LogP contribution in [0.25, 0.3) is 0 Å². The molecule has 0 saturated carbocycles. The average Bonchev–Trinajstić information content (AvgIpc) is 3.28. The number of aromatic nitrogens is 3. The third-order valence-corrected chi connectivity index (χ3v) is 6.88. The Morgan fingerprint density at radius 1 is 1.08 bits per heavy atom. The van der Waals surface area contributed by atoms with Crippen molar-refractivity contribution in [1.29, 1.82) is 0 Å². The maximum atomic E-state index is 11.7. The standard InChI is InChI=1S/C29H40N8O.CH4/c1-18(2)15-36(6)29-34-27(33-28(35-29)32-25-14-22(26(30)38)10-9-21(25)5)31-24-11-12-37(17-24)16-23-13-19(3)7-8-20(23)4;/h7-10,13-14,18,24H,11-12,15-17H2,1-6H3,(H2,30,38)(H2,31,32,33,34,35);1H4/t24-;/m0./s1. The van der Waals surface area contributed by atoms with Gasteiger partial charge in [-0.15, -0.1) is 0 Å². The summed E-state index contributed by atoms with van der Waals surface area (Å²) in [4.78, 5) is 30.4. The van der Waals surface area contributed by atoms with Crippen LogP contribution in [0.4, 0.5) is 23.5 Å². The van der Waals surface area contributed by atoms with Crippen LogP contribution >= 0.6 is 0 Å². The Morgan fingerprint density at radius 2 is 1.79 bits per heavy atom. The molecule has 210 valence electrons. The summed E-state index contributed by atoms with van der Waals surface area (Å²) in [5, 5.41) is 6.84. The zero-order chi connectivity index (χ0) is 27.4. The predicted molar refractivity (Wildman–Crippen MR) is 161 cm³/mol. The largest absolute Gasteiger partial charge is 0.366 e. The first kappa shape index (κ1) is 29.8. The van der Waals surface area contributed by atoms with Crippen molar-refractivity contribution in [2.75, 3.05) is 42.2 Å². The summed E-state index contributed by atoms with van der Waals surface area (Å²) in [6.45, 7) is 14.3. The van der Waals surface area contributed by atoms with Gasteiger partial charge in [0.05, 0.1) is 0 Å². The second-order valence-electron chi connectivity index (χ2n) is 10.9. The molecule has 4 N–H and O–H groups in total. The molecule has 1 aliphatic rings. The van der Waals surface area contributed by atoms with Crippen molar-refractivity contribution in [2.45, 2.75) is 61.1 Å². The Bertz CT molecular complexity index is 1290. The number of carbonyl (C=O) groups is 1. The zero-order valence-electron chi connectivity index (χ0n) is 23.4. The Kier molecular flexibility index (Phi) is 9.86. The lowest BCUT2D eigenvalue weighted by atomic mass is 10.1. The van der Waals surface area contributed by atoms with Gasteiger partial charge in [-0.05, 0) is 61.9 Å². The van der Waals surface area contributed by atoms with Crippen LogP contribution in [0.1, 0.15) is 60.3 Å². The highest BCUT2D eigenvalue weighted by Gasteiger charge is 2.24. The van der Waals surface area contributed by atoms with Crippen molar-refractivity contribution in [3.05, 3.63) is 64.2 Å². The Hall–Kier alpha value is -3.72. The van der Waals surface area contributed by atoms with Gasteiger partial charge in [-0.25, -0.2) is 0 Å². The number of likely N-dealkylation sites (tertiary alicyclic amines) is 1. The molecule has 1 amide bonds. The van der Waals surface area contributed by atoms with Gasteiger partial charge < -0.3 is 21.3 Å². The molecule has 0 radical (unpaired) electrons. The molecule has 4 rings (SSSR count). The molecule has 0 spiro atoms. The summed E-state index contributed by atoms with van der Waals surface area (Å²) >= 11 is 0. The molecule has 3 aromatic rings. The van der Waals surface area contributed by atoms with Crippen LogP contribution < -0.4 is 21.3 Å². The first-order chi connectivity index (χ1) is 18.1. The first-order valence-electron chi connectivity index (χ1n) is 13.3. The van der Waals surface area contributed by atoms with E-state index in [1.807, 2.05) is 24.9 Å². The summed E-state index contributed by atoms with van der Waals surface area (Å²) in [7, 11) is 1.99. The summed E-state index contributed by atoms with van der Waals surface area (Å²) in [6.07, 6.45) is 1.01. The Morgan fingerprint density at radius 3 is 2.51 bits per heavy atom. The molecule has 1 aromatic heterocycles. The number of benzene rings is 2. The Labute approximate surface area is 233 Å². The third kappa shape index (κ3) is 7.89. The van der Waals surface area contributed by atoms with Gasteiger partial charge in [0.2, 0.25) is 23.8 Å². The molecule has 0 aliphatic carbocycles. The predicted octanol–water partition coefficient (Wildman–Crippen LogP) is 5.05. The van der Waals surface area contributed by atoms with Gasteiger partial charge in [-0.3, -0.25) is 9.69 Å². The highest BCUT2D eigenvalue weighted by atomic mass is 16.1. The molecule has 39 heavy (non-hydrogen) atoms. The highest BCUT2D eigenvalue weighted by Crippen LogP contribution is 2.24. The molecule has 1 atom stereocenters. The second kappa shape index (κ2) is 12.9. The van der Waals surface area contributed by atoms with Crippen molar-refractivity contribution in [3.63, 3.8) is 0 Å². The number of hydrogen-bond donors (Lipinski definition) is 3. The SMILES string of the molecule is C.Cc1ccc(C)c(CN2CC[C@H](Nc3nc(Nc4cc(C(N)=O)ccc4C)nc(N(C)CC(C)C)n3)C2)c1. The lowest BCUT2D eigenvalue weighted by molar-refractivity contribution is 0.100.